The summed E-state index contributed by atoms with van der Waals surface area (Å²) < 4.78 is 14.7. The molecule has 2 aromatic rings. The molecule has 0 saturated carbocycles. The zero-order chi connectivity index (χ0) is 14.7. The summed E-state index contributed by atoms with van der Waals surface area (Å²) in [5, 5.41) is 3.40. The predicted molar refractivity (Wildman–Crippen MR) is 85.3 cm³/mol. The van der Waals surface area contributed by atoms with Gasteiger partial charge in [-0.3, -0.25) is 0 Å². The minimum absolute atomic E-state index is 0.0997. The van der Waals surface area contributed by atoms with E-state index in [9.17, 15) is 4.39 Å². The second-order valence-electron chi connectivity index (χ2n) is 5.23. The molecule has 0 amide bonds. The molecular formula is C17H19BrFN. The van der Waals surface area contributed by atoms with Gasteiger partial charge in [0.05, 0.1) is 0 Å². The summed E-state index contributed by atoms with van der Waals surface area (Å²) in [4.78, 5) is 0. The molecule has 106 valence electrons. The van der Waals surface area contributed by atoms with E-state index in [1.807, 2.05) is 26.0 Å². The molecule has 1 nitrogen and oxygen atoms in total. The second kappa shape index (κ2) is 6.51. The van der Waals surface area contributed by atoms with Crippen LogP contribution in [0.4, 0.5) is 4.39 Å². The molecule has 0 bridgehead atoms. The van der Waals surface area contributed by atoms with Crippen LogP contribution in [-0.4, -0.2) is 0 Å². The lowest BCUT2D eigenvalue weighted by Gasteiger charge is -2.09. The number of hydrogen-bond donors (Lipinski definition) is 1. The van der Waals surface area contributed by atoms with Crippen LogP contribution in [0.5, 0.6) is 0 Å². The highest BCUT2D eigenvalue weighted by Gasteiger charge is 2.04. The highest BCUT2D eigenvalue weighted by Crippen LogP contribution is 2.17. The molecule has 0 saturated heterocycles. The molecule has 0 aliphatic carbocycles. The van der Waals surface area contributed by atoms with Crippen molar-refractivity contribution >= 4 is 15.9 Å². The summed E-state index contributed by atoms with van der Waals surface area (Å²) >= 11 is 3.50. The molecule has 0 aliphatic heterocycles. The Morgan fingerprint density at radius 2 is 1.45 bits per heavy atom. The van der Waals surface area contributed by atoms with Crippen molar-refractivity contribution in [3.8, 4) is 0 Å². The molecule has 0 aromatic heterocycles. The first kappa shape index (κ1) is 15.2. The molecule has 3 heteroatoms. The average molecular weight is 336 g/mol. The maximum atomic E-state index is 13.6. The third-order valence-electron chi connectivity index (χ3n) is 3.38. The average Bonchev–Trinajstić information content (AvgIpc) is 2.40. The summed E-state index contributed by atoms with van der Waals surface area (Å²) in [6.07, 6.45) is 0. The van der Waals surface area contributed by atoms with Crippen molar-refractivity contribution in [3.63, 3.8) is 0 Å². The standard InChI is InChI=1S/C17H19BrFN/c1-11-6-14(4-5-16(11)18)9-20-10-15-7-12(2)17(19)13(3)8-15/h4-8,20H,9-10H2,1-3H3. The van der Waals surface area contributed by atoms with E-state index < -0.39 is 0 Å². The number of rotatable bonds is 4. The predicted octanol–water partition coefficient (Wildman–Crippen LogP) is 4.80. The van der Waals surface area contributed by atoms with Gasteiger partial charge in [-0.25, -0.2) is 4.39 Å². The van der Waals surface area contributed by atoms with Crippen LogP contribution in [0.25, 0.3) is 0 Å². The molecule has 0 radical (unpaired) electrons. The van der Waals surface area contributed by atoms with Gasteiger partial charge >= 0.3 is 0 Å². The van der Waals surface area contributed by atoms with E-state index in [0.29, 0.717) is 11.1 Å². The van der Waals surface area contributed by atoms with Gasteiger partial charge in [-0.15, -0.1) is 0 Å². The number of halogens is 2. The summed E-state index contributed by atoms with van der Waals surface area (Å²) in [5.41, 5.74) is 5.02. The summed E-state index contributed by atoms with van der Waals surface area (Å²) in [7, 11) is 0. The number of nitrogens with one attached hydrogen (secondary N) is 1. The lowest BCUT2D eigenvalue weighted by Crippen LogP contribution is -2.13. The Morgan fingerprint density at radius 1 is 0.900 bits per heavy atom. The second-order valence-corrected chi connectivity index (χ2v) is 6.09. The van der Waals surface area contributed by atoms with Gasteiger partial charge in [0.1, 0.15) is 5.82 Å². The Bertz CT molecular complexity index is 599. The van der Waals surface area contributed by atoms with Crippen molar-refractivity contribution < 1.29 is 4.39 Å². The van der Waals surface area contributed by atoms with Crippen LogP contribution >= 0.6 is 15.9 Å². The van der Waals surface area contributed by atoms with Gasteiger partial charge in [-0.2, -0.15) is 0 Å². The van der Waals surface area contributed by atoms with Crippen molar-refractivity contribution in [1.82, 2.24) is 5.32 Å². The molecule has 0 fully saturated rings. The fraction of sp³-hybridized carbons (Fsp3) is 0.294. The minimum atomic E-state index is -0.0997. The van der Waals surface area contributed by atoms with Crippen LogP contribution in [0, 0.1) is 26.6 Å². The van der Waals surface area contributed by atoms with Gasteiger partial charge in [0.2, 0.25) is 0 Å². The van der Waals surface area contributed by atoms with Crippen LogP contribution in [0.3, 0.4) is 0 Å². The van der Waals surface area contributed by atoms with Crippen molar-refractivity contribution in [1.29, 1.82) is 0 Å². The van der Waals surface area contributed by atoms with Gasteiger partial charge in [0, 0.05) is 17.6 Å². The van der Waals surface area contributed by atoms with Crippen LogP contribution in [-0.2, 0) is 13.1 Å². The molecule has 20 heavy (non-hydrogen) atoms. The van der Waals surface area contributed by atoms with Gasteiger partial charge in [0.25, 0.3) is 0 Å². The van der Waals surface area contributed by atoms with Crippen molar-refractivity contribution in [2.45, 2.75) is 33.9 Å². The SMILES string of the molecule is Cc1cc(CNCc2cc(C)c(F)c(C)c2)ccc1Br. The normalized spacial score (nSPS) is 10.8. The first-order valence-electron chi connectivity index (χ1n) is 6.68. The summed E-state index contributed by atoms with van der Waals surface area (Å²) in [5.74, 6) is -0.0997. The molecule has 0 spiro atoms. The largest absolute Gasteiger partial charge is 0.309 e. The lowest BCUT2D eigenvalue weighted by atomic mass is 10.1. The highest BCUT2D eigenvalue weighted by molar-refractivity contribution is 9.10. The molecular weight excluding hydrogens is 317 g/mol. The van der Waals surface area contributed by atoms with E-state index in [1.165, 1.54) is 11.1 Å². The topological polar surface area (TPSA) is 12.0 Å². The quantitative estimate of drug-likeness (QED) is 0.845. The van der Waals surface area contributed by atoms with Crippen molar-refractivity contribution in [2.24, 2.45) is 0 Å². The zero-order valence-electron chi connectivity index (χ0n) is 12.1. The van der Waals surface area contributed by atoms with Gasteiger partial charge in [-0.1, -0.05) is 40.2 Å². The first-order valence-corrected chi connectivity index (χ1v) is 7.48. The third kappa shape index (κ3) is 3.68. The van der Waals surface area contributed by atoms with E-state index in [1.54, 1.807) is 0 Å². The molecule has 0 unspecified atom stereocenters. The van der Waals surface area contributed by atoms with Gasteiger partial charge in [-0.05, 0) is 54.7 Å². The maximum absolute atomic E-state index is 13.6. The van der Waals surface area contributed by atoms with E-state index in [4.69, 9.17) is 0 Å². The van der Waals surface area contributed by atoms with Crippen LogP contribution in [0.2, 0.25) is 0 Å². The maximum Gasteiger partial charge on any atom is 0.129 e. The van der Waals surface area contributed by atoms with Gasteiger partial charge < -0.3 is 5.32 Å². The smallest absolute Gasteiger partial charge is 0.129 e. The van der Waals surface area contributed by atoms with E-state index in [2.05, 4.69) is 46.4 Å². The summed E-state index contributed by atoms with van der Waals surface area (Å²) in [6.45, 7) is 7.26. The number of benzene rings is 2. The van der Waals surface area contributed by atoms with Crippen LogP contribution in [0.15, 0.2) is 34.8 Å². The molecule has 2 aromatic carbocycles. The Balaban J connectivity index is 1.97. The fourth-order valence-corrected chi connectivity index (χ4v) is 2.55. The van der Waals surface area contributed by atoms with Crippen molar-refractivity contribution in [3.05, 3.63) is 68.4 Å². The van der Waals surface area contributed by atoms with E-state index in [-0.39, 0.29) is 5.82 Å². The molecule has 0 aliphatic rings. The Morgan fingerprint density at radius 3 is 2.05 bits per heavy atom. The Labute approximate surface area is 128 Å². The summed E-state index contributed by atoms with van der Waals surface area (Å²) in [6, 6.07) is 10.1. The van der Waals surface area contributed by atoms with E-state index >= 15 is 0 Å². The lowest BCUT2D eigenvalue weighted by molar-refractivity contribution is 0.606. The zero-order valence-corrected chi connectivity index (χ0v) is 13.6. The molecule has 1 N–H and O–H groups in total. The molecule has 0 atom stereocenters. The molecule has 0 heterocycles. The first-order chi connectivity index (χ1) is 9.47. The Hall–Kier alpha value is -1.19. The molecule has 2 rings (SSSR count). The van der Waals surface area contributed by atoms with Crippen LogP contribution < -0.4 is 5.32 Å². The minimum Gasteiger partial charge on any atom is -0.309 e. The van der Waals surface area contributed by atoms with Gasteiger partial charge in [0.15, 0.2) is 0 Å². The number of hydrogen-bond acceptors (Lipinski definition) is 1. The number of aryl methyl sites for hydroxylation is 3. The monoisotopic (exact) mass is 335 g/mol. The van der Waals surface area contributed by atoms with Crippen molar-refractivity contribution in [2.75, 3.05) is 0 Å². The fourth-order valence-electron chi connectivity index (χ4n) is 2.31. The highest BCUT2D eigenvalue weighted by atomic mass is 79.9. The van der Waals surface area contributed by atoms with Crippen LogP contribution in [0.1, 0.15) is 27.8 Å². The third-order valence-corrected chi connectivity index (χ3v) is 4.27. The van der Waals surface area contributed by atoms with E-state index in [0.717, 1.165) is 23.1 Å². The Kier molecular flexibility index (Phi) is 4.95.